The standard InChI is InChI=1S/C17H16Cl2N2O4S/c1-8-12(17(24)25-4)15(26-13(8)16(23)21(2)3)20-14(22)10-6-5-9(18)7-11(10)19/h5-7H,1-4H3,(H,20,22). The zero-order valence-corrected chi connectivity index (χ0v) is 16.8. The van der Waals surface area contributed by atoms with E-state index < -0.39 is 11.9 Å². The van der Waals surface area contributed by atoms with Gasteiger partial charge in [0, 0.05) is 19.1 Å². The topological polar surface area (TPSA) is 75.7 Å². The summed E-state index contributed by atoms with van der Waals surface area (Å²) in [4.78, 5) is 38.8. The molecule has 9 heteroatoms. The van der Waals surface area contributed by atoms with Crippen molar-refractivity contribution >= 4 is 57.3 Å². The van der Waals surface area contributed by atoms with E-state index in [-0.39, 0.29) is 27.1 Å². The average molecular weight is 415 g/mol. The first-order valence-corrected chi connectivity index (χ1v) is 8.94. The lowest BCUT2D eigenvalue weighted by Crippen LogP contribution is -2.21. The Morgan fingerprint density at radius 1 is 1.19 bits per heavy atom. The molecule has 6 nitrogen and oxygen atoms in total. The molecule has 2 rings (SSSR count). The first kappa shape index (κ1) is 20.2. The number of nitrogens with zero attached hydrogens (tertiary/aromatic N) is 1. The molecule has 0 fully saturated rings. The van der Waals surface area contributed by atoms with Gasteiger partial charge in [-0.1, -0.05) is 23.2 Å². The smallest absolute Gasteiger partial charge is 0.341 e. The van der Waals surface area contributed by atoms with Crippen LogP contribution >= 0.6 is 34.5 Å². The van der Waals surface area contributed by atoms with E-state index in [0.717, 1.165) is 11.3 Å². The zero-order valence-electron chi connectivity index (χ0n) is 14.5. The van der Waals surface area contributed by atoms with Crippen LogP contribution in [0.4, 0.5) is 5.00 Å². The second-order valence-corrected chi connectivity index (χ2v) is 7.39. The third-order valence-corrected chi connectivity index (χ3v) is 5.28. The van der Waals surface area contributed by atoms with E-state index in [1.165, 1.54) is 30.2 Å². The number of ether oxygens (including phenoxy) is 1. The molecule has 0 aliphatic carbocycles. The number of hydrogen-bond donors (Lipinski definition) is 1. The number of amides is 2. The van der Waals surface area contributed by atoms with Crippen molar-refractivity contribution in [1.82, 2.24) is 4.90 Å². The fraction of sp³-hybridized carbons (Fsp3) is 0.235. The Kier molecular flexibility index (Phi) is 6.28. The van der Waals surface area contributed by atoms with Crippen LogP contribution < -0.4 is 5.32 Å². The number of nitrogens with one attached hydrogen (secondary N) is 1. The molecule has 0 saturated heterocycles. The fourth-order valence-electron chi connectivity index (χ4n) is 2.20. The highest BCUT2D eigenvalue weighted by atomic mass is 35.5. The Balaban J connectivity index is 2.47. The van der Waals surface area contributed by atoms with E-state index in [1.807, 2.05) is 0 Å². The first-order valence-electron chi connectivity index (χ1n) is 7.37. The maximum absolute atomic E-state index is 12.6. The van der Waals surface area contributed by atoms with Gasteiger partial charge in [-0.3, -0.25) is 9.59 Å². The Morgan fingerprint density at radius 3 is 2.38 bits per heavy atom. The second-order valence-electron chi connectivity index (χ2n) is 5.53. The highest BCUT2D eigenvalue weighted by Gasteiger charge is 2.27. The van der Waals surface area contributed by atoms with Crippen molar-refractivity contribution in [2.45, 2.75) is 6.92 Å². The molecule has 0 atom stereocenters. The van der Waals surface area contributed by atoms with Gasteiger partial charge in [-0.25, -0.2) is 4.79 Å². The van der Waals surface area contributed by atoms with Gasteiger partial charge in [-0.2, -0.15) is 0 Å². The number of benzene rings is 1. The number of thiophene rings is 1. The van der Waals surface area contributed by atoms with Crippen molar-refractivity contribution in [1.29, 1.82) is 0 Å². The molecule has 0 aliphatic rings. The van der Waals surface area contributed by atoms with Gasteiger partial charge in [0.05, 0.1) is 28.1 Å². The van der Waals surface area contributed by atoms with Gasteiger partial charge in [-0.05, 0) is 30.7 Å². The van der Waals surface area contributed by atoms with Gasteiger partial charge in [-0.15, -0.1) is 11.3 Å². The minimum absolute atomic E-state index is 0.140. The molecule has 0 bridgehead atoms. The summed E-state index contributed by atoms with van der Waals surface area (Å²) in [5.74, 6) is -1.45. The molecule has 1 aromatic heterocycles. The van der Waals surface area contributed by atoms with Gasteiger partial charge in [0.2, 0.25) is 0 Å². The molecule has 1 heterocycles. The summed E-state index contributed by atoms with van der Waals surface area (Å²) in [6.07, 6.45) is 0. The maximum atomic E-state index is 12.6. The molecule has 1 aromatic carbocycles. The van der Waals surface area contributed by atoms with Crippen LogP contribution in [0.25, 0.3) is 0 Å². The third kappa shape index (κ3) is 4.00. The van der Waals surface area contributed by atoms with E-state index >= 15 is 0 Å². The molecule has 2 aromatic rings. The van der Waals surface area contributed by atoms with Crippen molar-refractivity contribution in [3.8, 4) is 0 Å². The fourth-order valence-corrected chi connectivity index (χ4v) is 3.91. The predicted octanol–water partition coefficient (Wildman–Crippen LogP) is 4.10. The van der Waals surface area contributed by atoms with Gasteiger partial charge in [0.25, 0.3) is 11.8 Å². The van der Waals surface area contributed by atoms with E-state index in [1.54, 1.807) is 21.0 Å². The molecular formula is C17H16Cl2N2O4S. The Bertz CT molecular complexity index is 893. The maximum Gasteiger partial charge on any atom is 0.341 e. The molecule has 26 heavy (non-hydrogen) atoms. The van der Waals surface area contributed by atoms with Gasteiger partial charge >= 0.3 is 5.97 Å². The summed E-state index contributed by atoms with van der Waals surface area (Å²) >= 11 is 12.9. The van der Waals surface area contributed by atoms with Crippen molar-refractivity contribution < 1.29 is 19.1 Å². The van der Waals surface area contributed by atoms with Crippen molar-refractivity contribution in [2.75, 3.05) is 26.5 Å². The molecule has 0 aliphatic heterocycles. The molecule has 0 radical (unpaired) electrons. The van der Waals surface area contributed by atoms with Crippen molar-refractivity contribution in [2.24, 2.45) is 0 Å². The number of carbonyl (C=O) groups excluding carboxylic acids is 3. The summed E-state index contributed by atoms with van der Waals surface area (Å²) in [5, 5.41) is 3.43. The van der Waals surface area contributed by atoms with Crippen LogP contribution in [0.3, 0.4) is 0 Å². The van der Waals surface area contributed by atoms with Crippen LogP contribution in [-0.2, 0) is 4.74 Å². The summed E-state index contributed by atoms with van der Waals surface area (Å²) in [5.41, 5.74) is 0.776. The second kappa shape index (κ2) is 8.07. The zero-order chi connectivity index (χ0) is 19.6. The number of hydrogen-bond acceptors (Lipinski definition) is 5. The quantitative estimate of drug-likeness (QED) is 0.763. The van der Waals surface area contributed by atoms with Crippen LogP contribution in [0.15, 0.2) is 18.2 Å². The monoisotopic (exact) mass is 414 g/mol. The number of halogens is 2. The van der Waals surface area contributed by atoms with Crippen LogP contribution in [0.2, 0.25) is 10.0 Å². The van der Waals surface area contributed by atoms with E-state index in [0.29, 0.717) is 15.5 Å². The Labute approximate surface area is 164 Å². The molecule has 0 saturated carbocycles. The van der Waals surface area contributed by atoms with Gasteiger partial charge in [0.1, 0.15) is 5.00 Å². The normalized spacial score (nSPS) is 10.4. The summed E-state index contributed by atoms with van der Waals surface area (Å²) in [6, 6.07) is 4.45. The SMILES string of the molecule is COC(=O)c1c(NC(=O)c2ccc(Cl)cc2Cl)sc(C(=O)N(C)C)c1C. The van der Waals surface area contributed by atoms with E-state index in [4.69, 9.17) is 27.9 Å². The number of methoxy groups -OCH3 is 1. The highest BCUT2D eigenvalue weighted by Crippen LogP contribution is 2.35. The minimum atomic E-state index is -0.644. The lowest BCUT2D eigenvalue weighted by Gasteiger charge is -2.08. The van der Waals surface area contributed by atoms with Crippen LogP contribution in [0.1, 0.15) is 36.0 Å². The molecule has 2 amide bonds. The highest BCUT2D eigenvalue weighted by molar-refractivity contribution is 7.18. The van der Waals surface area contributed by atoms with Gasteiger partial charge in [0.15, 0.2) is 0 Å². The van der Waals surface area contributed by atoms with Crippen molar-refractivity contribution in [3.05, 3.63) is 49.8 Å². The van der Waals surface area contributed by atoms with Crippen LogP contribution in [0, 0.1) is 6.92 Å². The molecule has 138 valence electrons. The molecule has 0 spiro atoms. The molecule has 1 N–H and O–H groups in total. The molecular weight excluding hydrogens is 399 g/mol. The largest absolute Gasteiger partial charge is 0.465 e. The summed E-state index contributed by atoms with van der Waals surface area (Å²) < 4.78 is 4.79. The van der Waals surface area contributed by atoms with Gasteiger partial charge < -0.3 is 15.0 Å². The minimum Gasteiger partial charge on any atom is -0.465 e. The molecule has 0 unspecified atom stereocenters. The number of anilines is 1. The van der Waals surface area contributed by atoms with Crippen LogP contribution in [-0.4, -0.2) is 43.9 Å². The number of carbonyl (C=O) groups is 3. The lowest BCUT2D eigenvalue weighted by atomic mass is 10.1. The van der Waals surface area contributed by atoms with Crippen molar-refractivity contribution in [3.63, 3.8) is 0 Å². The van der Waals surface area contributed by atoms with E-state index in [9.17, 15) is 14.4 Å². The Morgan fingerprint density at radius 2 is 1.85 bits per heavy atom. The first-order chi connectivity index (χ1) is 12.2. The summed E-state index contributed by atoms with van der Waals surface area (Å²) in [6.45, 7) is 1.63. The Hall–Kier alpha value is -2.09. The third-order valence-electron chi connectivity index (χ3n) is 3.54. The summed E-state index contributed by atoms with van der Waals surface area (Å²) in [7, 11) is 4.44. The predicted molar refractivity (Wildman–Crippen MR) is 103 cm³/mol. The number of esters is 1. The number of rotatable bonds is 4. The lowest BCUT2D eigenvalue weighted by molar-refractivity contribution is 0.0601. The average Bonchev–Trinajstić information content (AvgIpc) is 2.89. The van der Waals surface area contributed by atoms with Crippen LogP contribution in [0.5, 0.6) is 0 Å². The van der Waals surface area contributed by atoms with E-state index in [2.05, 4.69) is 5.32 Å².